The number of aliphatic hydroxyl groups excluding tert-OH is 1. The van der Waals surface area contributed by atoms with E-state index in [0.717, 1.165) is 22.1 Å². The molecule has 0 saturated carbocycles. The Morgan fingerprint density at radius 2 is 2.35 bits per heavy atom. The van der Waals surface area contributed by atoms with Gasteiger partial charge in [-0.05, 0) is 6.07 Å². The molecule has 4 heterocycles. The van der Waals surface area contributed by atoms with Crippen molar-refractivity contribution in [3.63, 3.8) is 0 Å². The molecular weight excluding hydrogens is 258 g/mol. The summed E-state index contributed by atoms with van der Waals surface area (Å²) in [5.41, 5.74) is 2.43. The lowest BCUT2D eigenvalue weighted by molar-refractivity contribution is -0.140. The van der Waals surface area contributed by atoms with E-state index in [0.29, 0.717) is 18.9 Å². The monoisotopic (exact) mass is 271 g/mol. The first-order valence-corrected chi connectivity index (χ1v) is 6.47. The Balaban J connectivity index is 1.65. The summed E-state index contributed by atoms with van der Waals surface area (Å²) >= 11 is 0. The molecule has 7 heteroatoms. The van der Waals surface area contributed by atoms with Gasteiger partial charge < -0.3 is 20.0 Å². The first-order chi connectivity index (χ1) is 9.70. The summed E-state index contributed by atoms with van der Waals surface area (Å²) in [5, 5.41) is 10.2. The molecule has 3 aromatic rings. The molecule has 20 heavy (non-hydrogen) atoms. The van der Waals surface area contributed by atoms with Gasteiger partial charge in [-0.3, -0.25) is 4.79 Å². The van der Waals surface area contributed by atoms with Crippen LogP contribution in [0.3, 0.4) is 0 Å². The molecule has 4 rings (SSSR count). The van der Waals surface area contributed by atoms with E-state index in [9.17, 15) is 9.90 Å². The number of amides is 1. The highest BCUT2D eigenvalue weighted by Crippen LogP contribution is 2.21. The topological polar surface area (TPSA) is 97.9 Å². The van der Waals surface area contributed by atoms with Crippen molar-refractivity contribution in [2.75, 3.05) is 13.1 Å². The van der Waals surface area contributed by atoms with Gasteiger partial charge in [0.1, 0.15) is 17.0 Å². The van der Waals surface area contributed by atoms with E-state index >= 15 is 0 Å². The molecule has 0 aliphatic carbocycles. The number of fused-ring (bicyclic) bond motifs is 3. The fourth-order valence-electron chi connectivity index (χ4n) is 2.52. The van der Waals surface area contributed by atoms with E-state index in [1.54, 1.807) is 11.1 Å². The lowest BCUT2D eigenvalue weighted by Gasteiger charge is -2.35. The number of likely N-dealkylation sites (tertiary alicyclic amines) is 1. The second-order valence-corrected chi connectivity index (χ2v) is 5.07. The highest BCUT2D eigenvalue weighted by molar-refractivity contribution is 6.00. The van der Waals surface area contributed by atoms with Crippen molar-refractivity contribution in [1.82, 2.24) is 24.8 Å². The number of rotatable bonds is 2. The molecule has 0 spiro atoms. The molecule has 3 aromatic heterocycles. The van der Waals surface area contributed by atoms with Gasteiger partial charge in [0.15, 0.2) is 0 Å². The largest absolute Gasteiger partial charge is 0.389 e. The van der Waals surface area contributed by atoms with Gasteiger partial charge in [-0.1, -0.05) is 0 Å². The van der Waals surface area contributed by atoms with Crippen LogP contribution < -0.4 is 0 Å². The zero-order valence-corrected chi connectivity index (χ0v) is 10.6. The molecule has 0 bridgehead atoms. The first kappa shape index (κ1) is 11.4. The zero-order chi connectivity index (χ0) is 13.7. The molecule has 102 valence electrons. The van der Waals surface area contributed by atoms with E-state index in [4.69, 9.17) is 0 Å². The summed E-state index contributed by atoms with van der Waals surface area (Å²) in [6.45, 7) is 0.839. The minimum absolute atomic E-state index is 0.0207. The van der Waals surface area contributed by atoms with Crippen molar-refractivity contribution >= 4 is 28.0 Å². The lowest BCUT2D eigenvalue weighted by atomic mass is 10.1. The highest BCUT2D eigenvalue weighted by atomic mass is 16.3. The van der Waals surface area contributed by atoms with Crippen molar-refractivity contribution in [2.45, 2.75) is 12.5 Å². The number of carbonyl (C=O) groups excluding carboxylic acids is 1. The molecule has 3 N–H and O–H groups in total. The van der Waals surface area contributed by atoms with Crippen LogP contribution in [-0.4, -0.2) is 55.0 Å². The molecule has 1 aliphatic heterocycles. The van der Waals surface area contributed by atoms with Gasteiger partial charge in [0.05, 0.1) is 24.2 Å². The molecule has 0 atom stereocenters. The van der Waals surface area contributed by atoms with Crippen LogP contribution in [0.25, 0.3) is 22.1 Å². The Hall–Kier alpha value is -2.41. The van der Waals surface area contributed by atoms with Gasteiger partial charge in [-0.2, -0.15) is 0 Å². The van der Waals surface area contributed by atoms with Crippen LogP contribution in [0.2, 0.25) is 0 Å². The standard InChI is InChI=1S/C13H13N5O2/c19-7-5-18(6-7)11(20)3-10-16-9-4-15-13-8(1-2-14-13)12(9)17-10/h1-2,4,7,19H,3,5-6H2,(H,14,15)(H,16,17). The quantitative estimate of drug-likeness (QED) is 0.619. The van der Waals surface area contributed by atoms with Crippen molar-refractivity contribution < 1.29 is 9.90 Å². The number of H-pyrrole nitrogens is 2. The SMILES string of the molecule is O=C(Cc1nc2c(cnc3[nH]ccc32)[nH]1)N1CC(O)C1. The van der Waals surface area contributed by atoms with E-state index in [1.165, 1.54) is 0 Å². The number of hydrogen-bond donors (Lipinski definition) is 3. The summed E-state index contributed by atoms with van der Waals surface area (Å²) in [5.74, 6) is 0.606. The van der Waals surface area contributed by atoms with E-state index in [1.807, 2.05) is 12.3 Å². The van der Waals surface area contributed by atoms with Gasteiger partial charge in [-0.15, -0.1) is 0 Å². The predicted octanol–water partition coefficient (Wildman–Crippen LogP) is 0.185. The number of carbonyl (C=O) groups is 1. The van der Waals surface area contributed by atoms with Crippen LogP contribution in [0, 0.1) is 0 Å². The van der Waals surface area contributed by atoms with Crippen LogP contribution in [-0.2, 0) is 11.2 Å². The van der Waals surface area contributed by atoms with E-state index in [2.05, 4.69) is 19.9 Å². The van der Waals surface area contributed by atoms with Crippen LogP contribution in [0.1, 0.15) is 5.82 Å². The Bertz CT molecular complexity index is 799. The fraction of sp³-hybridized carbons (Fsp3) is 0.308. The van der Waals surface area contributed by atoms with Gasteiger partial charge in [0.2, 0.25) is 5.91 Å². The molecule has 7 nitrogen and oxygen atoms in total. The Morgan fingerprint density at radius 3 is 3.15 bits per heavy atom. The van der Waals surface area contributed by atoms with Crippen LogP contribution in [0.5, 0.6) is 0 Å². The van der Waals surface area contributed by atoms with Crippen molar-refractivity contribution in [3.8, 4) is 0 Å². The van der Waals surface area contributed by atoms with Crippen molar-refractivity contribution in [1.29, 1.82) is 0 Å². The minimum Gasteiger partial charge on any atom is -0.389 e. The number of imidazole rings is 1. The molecule has 0 aromatic carbocycles. The van der Waals surface area contributed by atoms with Crippen molar-refractivity contribution in [3.05, 3.63) is 24.3 Å². The zero-order valence-electron chi connectivity index (χ0n) is 10.6. The average Bonchev–Trinajstić information content (AvgIpc) is 2.98. The maximum atomic E-state index is 12.0. The maximum Gasteiger partial charge on any atom is 0.230 e. The van der Waals surface area contributed by atoms with Gasteiger partial charge >= 0.3 is 0 Å². The molecule has 0 radical (unpaired) electrons. The van der Waals surface area contributed by atoms with Gasteiger partial charge in [-0.25, -0.2) is 9.97 Å². The second-order valence-electron chi connectivity index (χ2n) is 5.07. The summed E-state index contributed by atoms with van der Waals surface area (Å²) in [6.07, 6.45) is 3.37. The summed E-state index contributed by atoms with van der Waals surface area (Å²) in [4.78, 5) is 28.5. The van der Waals surface area contributed by atoms with E-state index in [-0.39, 0.29) is 18.4 Å². The second kappa shape index (κ2) is 4.04. The molecular formula is C13H13N5O2. The van der Waals surface area contributed by atoms with E-state index < -0.39 is 0 Å². The number of aliphatic hydroxyl groups is 1. The summed E-state index contributed by atoms with van der Waals surface area (Å²) < 4.78 is 0. The lowest BCUT2D eigenvalue weighted by Crippen LogP contribution is -2.54. The van der Waals surface area contributed by atoms with Gasteiger partial charge in [0.25, 0.3) is 0 Å². The number of β-amino-alcohol motifs (C(OH)–C–C–N with tert-alkyl or cyclic N) is 1. The number of aromatic nitrogens is 4. The fourth-order valence-corrected chi connectivity index (χ4v) is 2.52. The molecule has 1 amide bonds. The van der Waals surface area contributed by atoms with Crippen molar-refractivity contribution in [2.24, 2.45) is 0 Å². The van der Waals surface area contributed by atoms with Crippen LogP contribution in [0.15, 0.2) is 18.5 Å². The summed E-state index contributed by atoms with van der Waals surface area (Å²) in [6, 6.07) is 1.92. The number of pyridine rings is 1. The van der Waals surface area contributed by atoms with Crippen LogP contribution >= 0.6 is 0 Å². The number of hydrogen-bond acceptors (Lipinski definition) is 4. The average molecular weight is 271 g/mol. The molecule has 1 aliphatic rings. The van der Waals surface area contributed by atoms with Crippen LogP contribution in [0.4, 0.5) is 0 Å². The number of nitrogens with one attached hydrogen (secondary N) is 2. The summed E-state index contributed by atoms with van der Waals surface area (Å²) in [7, 11) is 0. The smallest absolute Gasteiger partial charge is 0.230 e. The predicted molar refractivity (Wildman–Crippen MR) is 72.0 cm³/mol. The minimum atomic E-state index is -0.377. The number of aromatic amines is 2. The Labute approximate surface area is 113 Å². The Kier molecular flexibility index (Phi) is 2.31. The third-order valence-electron chi connectivity index (χ3n) is 3.62. The third-order valence-corrected chi connectivity index (χ3v) is 3.62. The molecule has 1 saturated heterocycles. The highest BCUT2D eigenvalue weighted by Gasteiger charge is 2.29. The third kappa shape index (κ3) is 1.67. The Morgan fingerprint density at radius 1 is 1.50 bits per heavy atom. The first-order valence-electron chi connectivity index (χ1n) is 6.47. The number of nitrogens with zero attached hydrogens (tertiary/aromatic N) is 3. The van der Waals surface area contributed by atoms with Gasteiger partial charge in [0, 0.05) is 24.7 Å². The maximum absolute atomic E-state index is 12.0. The normalized spacial score (nSPS) is 15.9. The molecule has 1 fully saturated rings. The molecule has 0 unspecified atom stereocenters.